The van der Waals surface area contributed by atoms with Crippen molar-refractivity contribution in [2.75, 3.05) is 13.2 Å². The van der Waals surface area contributed by atoms with Gasteiger partial charge in [-0.3, -0.25) is 0 Å². The van der Waals surface area contributed by atoms with Gasteiger partial charge in [0.2, 0.25) is 0 Å². The fourth-order valence-electron chi connectivity index (χ4n) is 1.95. The van der Waals surface area contributed by atoms with Gasteiger partial charge in [0, 0.05) is 6.61 Å². The molecule has 0 amide bonds. The Labute approximate surface area is 70.1 Å². The Hall–Kier alpha value is -0.0400. The molecule has 0 saturated carbocycles. The number of hydrogen-bond donors (Lipinski definition) is 0. The topological polar surface area (TPSA) is 9.23 Å². The lowest BCUT2D eigenvalue weighted by molar-refractivity contribution is -0.0237. The van der Waals surface area contributed by atoms with Crippen LogP contribution in [0.25, 0.3) is 0 Å². The molecule has 0 N–H and O–H groups in total. The lowest BCUT2D eigenvalue weighted by atomic mass is 9.72. The highest BCUT2D eigenvalue weighted by molar-refractivity contribution is 4.80. The van der Waals surface area contributed by atoms with E-state index in [0.717, 1.165) is 25.0 Å². The quantitative estimate of drug-likeness (QED) is 0.524. The third-order valence-corrected chi connectivity index (χ3v) is 2.81. The molecule has 1 fully saturated rings. The first kappa shape index (κ1) is 9.05. The van der Waals surface area contributed by atoms with Crippen LogP contribution in [0.5, 0.6) is 0 Å². The summed E-state index contributed by atoms with van der Waals surface area (Å²) in [5.74, 6) is 1.58. The van der Waals surface area contributed by atoms with Crippen molar-refractivity contribution in [1.82, 2.24) is 0 Å². The lowest BCUT2D eigenvalue weighted by Gasteiger charge is -2.38. The van der Waals surface area contributed by atoms with Gasteiger partial charge in [-0.15, -0.1) is 0 Å². The Morgan fingerprint density at radius 3 is 2.27 bits per heavy atom. The molecule has 0 aliphatic carbocycles. The van der Waals surface area contributed by atoms with Gasteiger partial charge in [-0.2, -0.15) is 0 Å². The molecule has 0 bridgehead atoms. The molecule has 1 heterocycles. The first-order valence-corrected chi connectivity index (χ1v) is 4.59. The summed E-state index contributed by atoms with van der Waals surface area (Å²) in [6.45, 7) is 11.2. The predicted octanol–water partition coefficient (Wildman–Crippen LogP) is 2.71. The van der Waals surface area contributed by atoms with E-state index in [0.29, 0.717) is 5.41 Å². The molecule has 1 aliphatic rings. The van der Waals surface area contributed by atoms with Gasteiger partial charge in [-0.25, -0.2) is 0 Å². The summed E-state index contributed by atoms with van der Waals surface area (Å²) in [4.78, 5) is 0. The van der Waals surface area contributed by atoms with Crippen molar-refractivity contribution in [2.45, 2.75) is 34.1 Å². The van der Waals surface area contributed by atoms with Gasteiger partial charge in [-0.05, 0) is 23.7 Å². The normalized spacial score (nSPS) is 33.8. The van der Waals surface area contributed by atoms with Crippen molar-refractivity contribution in [3.05, 3.63) is 0 Å². The standard InChI is InChI=1S/C10H20O/c1-8-5-6-11-7-9(8)10(2,3)4/h8-9H,5-7H2,1-4H3/t8-,9?/m1/s1. The number of hydrogen-bond acceptors (Lipinski definition) is 1. The Morgan fingerprint density at radius 1 is 1.27 bits per heavy atom. The smallest absolute Gasteiger partial charge is 0.0501 e. The maximum absolute atomic E-state index is 5.48. The second-order valence-corrected chi connectivity index (χ2v) is 4.81. The minimum atomic E-state index is 0.417. The first-order chi connectivity index (χ1) is 5.02. The highest BCUT2D eigenvalue weighted by Crippen LogP contribution is 2.36. The van der Waals surface area contributed by atoms with Gasteiger partial charge in [0.1, 0.15) is 0 Å². The molecule has 1 nitrogen and oxygen atoms in total. The zero-order chi connectivity index (χ0) is 8.48. The molecular weight excluding hydrogens is 136 g/mol. The van der Waals surface area contributed by atoms with E-state index >= 15 is 0 Å². The summed E-state index contributed by atoms with van der Waals surface area (Å²) < 4.78 is 5.48. The van der Waals surface area contributed by atoms with Crippen LogP contribution in [0, 0.1) is 17.3 Å². The number of ether oxygens (including phenoxy) is 1. The van der Waals surface area contributed by atoms with E-state index < -0.39 is 0 Å². The molecule has 1 unspecified atom stereocenters. The predicted molar refractivity (Wildman–Crippen MR) is 47.5 cm³/mol. The Morgan fingerprint density at radius 2 is 1.91 bits per heavy atom. The summed E-state index contributed by atoms with van der Waals surface area (Å²) in [5, 5.41) is 0. The van der Waals surface area contributed by atoms with E-state index in [9.17, 15) is 0 Å². The summed E-state index contributed by atoms with van der Waals surface area (Å²) in [5.41, 5.74) is 0.417. The zero-order valence-corrected chi connectivity index (χ0v) is 8.18. The van der Waals surface area contributed by atoms with E-state index in [1.807, 2.05) is 0 Å². The Bertz CT molecular complexity index is 123. The Kier molecular flexibility index (Phi) is 2.58. The largest absolute Gasteiger partial charge is 0.381 e. The molecule has 0 aromatic rings. The minimum absolute atomic E-state index is 0.417. The summed E-state index contributed by atoms with van der Waals surface area (Å²) in [6, 6.07) is 0. The van der Waals surface area contributed by atoms with Crippen molar-refractivity contribution in [3.8, 4) is 0 Å². The summed E-state index contributed by atoms with van der Waals surface area (Å²) in [7, 11) is 0. The zero-order valence-electron chi connectivity index (χ0n) is 8.18. The van der Waals surface area contributed by atoms with Crippen molar-refractivity contribution in [3.63, 3.8) is 0 Å². The molecule has 11 heavy (non-hydrogen) atoms. The van der Waals surface area contributed by atoms with Crippen molar-refractivity contribution in [1.29, 1.82) is 0 Å². The molecule has 0 aromatic heterocycles. The van der Waals surface area contributed by atoms with Crippen LogP contribution in [0.2, 0.25) is 0 Å². The summed E-state index contributed by atoms with van der Waals surface area (Å²) in [6.07, 6.45) is 1.24. The van der Waals surface area contributed by atoms with Gasteiger partial charge >= 0.3 is 0 Å². The van der Waals surface area contributed by atoms with E-state index in [1.165, 1.54) is 6.42 Å². The van der Waals surface area contributed by atoms with Gasteiger partial charge in [-0.1, -0.05) is 27.7 Å². The molecule has 0 spiro atoms. The van der Waals surface area contributed by atoms with Crippen LogP contribution in [0.1, 0.15) is 34.1 Å². The first-order valence-electron chi connectivity index (χ1n) is 4.59. The van der Waals surface area contributed by atoms with Gasteiger partial charge in [0.05, 0.1) is 6.61 Å². The fourth-order valence-corrected chi connectivity index (χ4v) is 1.95. The molecule has 0 radical (unpaired) electrons. The second kappa shape index (κ2) is 3.14. The van der Waals surface area contributed by atoms with Crippen molar-refractivity contribution < 1.29 is 4.74 Å². The molecule has 0 aromatic carbocycles. The summed E-state index contributed by atoms with van der Waals surface area (Å²) >= 11 is 0. The fraction of sp³-hybridized carbons (Fsp3) is 1.00. The van der Waals surface area contributed by atoms with Crippen LogP contribution < -0.4 is 0 Å². The van der Waals surface area contributed by atoms with E-state index in [1.54, 1.807) is 0 Å². The molecule has 66 valence electrons. The third-order valence-electron chi connectivity index (χ3n) is 2.81. The SMILES string of the molecule is C[C@@H]1CCOCC1C(C)(C)C. The van der Waals surface area contributed by atoms with Gasteiger partial charge in [0.15, 0.2) is 0 Å². The molecule has 1 heteroatoms. The van der Waals surface area contributed by atoms with Crippen molar-refractivity contribution in [2.24, 2.45) is 17.3 Å². The molecule has 1 aliphatic heterocycles. The van der Waals surface area contributed by atoms with Crippen LogP contribution in [-0.4, -0.2) is 13.2 Å². The monoisotopic (exact) mass is 156 g/mol. The average Bonchev–Trinajstić information content (AvgIpc) is 1.86. The van der Waals surface area contributed by atoms with Crippen molar-refractivity contribution >= 4 is 0 Å². The second-order valence-electron chi connectivity index (χ2n) is 4.81. The van der Waals surface area contributed by atoms with Crippen LogP contribution in [0.15, 0.2) is 0 Å². The van der Waals surface area contributed by atoms with E-state index in [-0.39, 0.29) is 0 Å². The maximum atomic E-state index is 5.48. The molecule has 1 saturated heterocycles. The Balaban J connectivity index is 2.55. The molecule has 1 rings (SSSR count). The van der Waals surface area contributed by atoms with Crippen LogP contribution in [0.3, 0.4) is 0 Å². The van der Waals surface area contributed by atoms with E-state index in [4.69, 9.17) is 4.74 Å². The molecule has 2 atom stereocenters. The highest BCUT2D eigenvalue weighted by Gasteiger charge is 2.31. The van der Waals surface area contributed by atoms with Crippen LogP contribution >= 0.6 is 0 Å². The lowest BCUT2D eigenvalue weighted by Crippen LogP contribution is -2.35. The minimum Gasteiger partial charge on any atom is -0.381 e. The maximum Gasteiger partial charge on any atom is 0.0501 e. The third kappa shape index (κ3) is 2.19. The number of rotatable bonds is 0. The highest BCUT2D eigenvalue weighted by atomic mass is 16.5. The van der Waals surface area contributed by atoms with Crippen LogP contribution in [-0.2, 0) is 4.74 Å². The van der Waals surface area contributed by atoms with E-state index in [2.05, 4.69) is 27.7 Å². The van der Waals surface area contributed by atoms with Crippen LogP contribution in [0.4, 0.5) is 0 Å². The van der Waals surface area contributed by atoms with Gasteiger partial charge in [0.25, 0.3) is 0 Å². The van der Waals surface area contributed by atoms with Gasteiger partial charge < -0.3 is 4.74 Å². The average molecular weight is 156 g/mol. The molecular formula is C10H20O.